The van der Waals surface area contributed by atoms with Crippen molar-refractivity contribution in [2.75, 3.05) is 20.2 Å². The Kier molecular flexibility index (Phi) is 4.59. The van der Waals surface area contributed by atoms with E-state index in [-0.39, 0.29) is 5.91 Å². The highest BCUT2D eigenvalue weighted by atomic mass is 79.9. The van der Waals surface area contributed by atoms with Crippen LogP contribution in [0.25, 0.3) is 21.8 Å². The van der Waals surface area contributed by atoms with Crippen molar-refractivity contribution in [1.29, 1.82) is 0 Å². The number of hydrogen-bond acceptors (Lipinski definition) is 2. The van der Waals surface area contributed by atoms with Gasteiger partial charge in [0, 0.05) is 45.6 Å². The molecule has 1 aliphatic rings. The number of carbonyl (C=O) groups excluding carboxylic acids is 1. The van der Waals surface area contributed by atoms with Crippen molar-refractivity contribution in [2.24, 2.45) is 0 Å². The lowest BCUT2D eigenvalue weighted by Gasteiger charge is -2.31. The number of amides is 1. The van der Waals surface area contributed by atoms with E-state index in [1.807, 2.05) is 35.2 Å². The summed E-state index contributed by atoms with van der Waals surface area (Å²) in [5.41, 5.74) is 4.09. The highest BCUT2D eigenvalue weighted by molar-refractivity contribution is 9.10. The molecule has 0 spiro atoms. The fourth-order valence-corrected chi connectivity index (χ4v) is 4.73. The van der Waals surface area contributed by atoms with Crippen LogP contribution < -0.4 is 4.74 Å². The lowest BCUT2D eigenvalue weighted by molar-refractivity contribution is 0.0708. The van der Waals surface area contributed by atoms with E-state index in [9.17, 15) is 4.79 Å². The van der Waals surface area contributed by atoms with Gasteiger partial charge in [-0.05, 0) is 60.7 Å². The van der Waals surface area contributed by atoms with Crippen molar-refractivity contribution in [3.05, 3.63) is 64.4 Å². The Balaban J connectivity index is 1.32. The number of aromatic nitrogens is 2. The van der Waals surface area contributed by atoms with Gasteiger partial charge in [0.05, 0.1) is 7.11 Å². The van der Waals surface area contributed by atoms with Crippen LogP contribution in [-0.4, -0.2) is 41.0 Å². The smallest absolute Gasteiger partial charge is 0.270 e. The number of methoxy groups -OCH3 is 1. The number of H-pyrrole nitrogens is 2. The molecule has 0 bridgehead atoms. The number of nitrogens with one attached hydrogen (secondary N) is 2. The van der Waals surface area contributed by atoms with Crippen molar-refractivity contribution in [3.8, 4) is 5.75 Å². The molecule has 3 heterocycles. The summed E-state index contributed by atoms with van der Waals surface area (Å²) < 4.78 is 6.39. The van der Waals surface area contributed by atoms with Gasteiger partial charge in [0.1, 0.15) is 11.4 Å². The number of hydrogen-bond donors (Lipinski definition) is 2. The number of ether oxygens (including phenoxy) is 1. The van der Waals surface area contributed by atoms with Crippen molar-refractivity contribution >= 4 is 43.6 Å². The molecule has 148 valence electrons. The molecule has 1 saturated heterocycles. The Morgan fingerprint density at radius 3 is 2.72 bits per heavy atom. The van der Waals surface area contributed by atoms with E-state index in [1.165, 1.54) is 10.9 Å². The molecular formula is C23H22BrN3O2. The first-order valence-electron chi connectivity index (χ1n) is 9.85. The molecule has 29 heavy (non-hydrogen) atoms. The highest BCUT2D eigenvalue weighted by Gasteiger charge is 2.27. The number of piperidine rings is 1. The predicted octanol–water partition coefficient (Wildman–Crippen LogP) is 5.44. The second kappa shape index (κ2) is 7.26. The second-order valence-corrected chi connectivity index (χ2v) is 8.55. The molecule has 5 nitrogen and oxygen atoms in total. The molecule has 1 aliphatic heterocycles. The third kappa shape index (κ3) is 3.31. The summed E-state index contributed by atoms with van der Waals surface area (Å²) in [4.78, 5) is 21.6. The highest BCUT2D eigenvalue weighted by Crippen LogP contribution is 2.35. The number of nitrogens with zero attached hydrogens (tertiary/aromatic N) is 1. The SMILES string of the molecule is COc1ccc2[nH]cc(C3CCN(C(=O)c4cc5ccc(Br)cc5[nH]4)CC3)c2c1. The van der Waals surface area contributed by atoms with E-state index >= 15 is 0 Å². The number of carbonyl (C=O) groups is 1. The molecule has 0 atom stereocenters. The molecule has 0 radical (unpaired) electrons. The fraction of sp³-hybridized carbons (Fsp3) is 0.261. The van der Waals surface area contributed by atoms with Crippen LogP contribution in [-0.2, 0) is 0 Å². The molecule has 0 saturated carbocycles. The lowest BCUT2D eigenvalue weighted by atomic mass is 9.89. The van der Waals surface area contributed by atoms with Crippen LogP contribution in [0.15, 0.2) is 53.1 Å². The van der Waals surface area contributed by atoms with Crippen molar-refractivity contribution in [3.63, 3.8) is 0 Å². The van der Waals surface area contributed by atoms with Gasteiger partial charge < -0.3 is 19.6 Å². The van der Waals surface area contributed by atoms with Gasteiger partial charge in [-0.15, -0.1) is 0 Å². The Morgan fingerprint density at radius 2 is 1.93 bits per heavy atom. The van der Waals surface area contributed by atoms with Gasteiger partial charge in [0.15, 0.2) is 0 Å². The maximum atomic E-state index is 13.0. The number of likely N-dealkylation sites (tertiary alicyclic amines) is 1. The molecule has 0 aliphatic carbocycles. The molecule has 0 unspecified atom stereocenters. The third-order valence-corrected chi connectivity index (χ3v) is 6.45. The van der Waals surface area contributed by atoms with Crippen LogP contribution in [0.3, 0.4) is 0 Å². The summed E-state index contributed by atoms with van der Waals surface area (Å²) in [6.45, 7) is 1.53. The van der Waals surface area contributed by atoms with Gasteiger partial charge in [-0.25, -0.2) is 0 Å². The number of halogens is 1. The quantitative estimate of drug-likeness (QED) is 0.435. The molecule has 6 heteroatoms. The zero-order valence-corrected chi connectivity index (χ0v) is 17.8. The first-order valence-corrected chi connectivity index (χ1v) is 10.6. The molecule has 2 N–H and O–H groups in total. The van der Waals surface area contributed by atoms with E-state index in [0.29, 0.717) is 11.6 Å². The third-order valence-electron chi connectivity index (χ3n) is 5.96. The van der Waals surface area contributed by atoms with Crippen molar-refractivity contribution < 1.29 is 9.53 Å². The summed E-state index contributed by atoms with van der Waals surface area (Å²) in [5, 5.41) is 2.27. The summed E-state index contributed by atoms with van der Waals surface area (Å²) in [5.74, 6) is 1.39. The van der Waals surface area contributed by atoms with Crippen LogP contribution in [0.5, 0.6) is 5.75 Å². The molecular weight excluding hydrogens is 430 g/mol. The van der Waals surface area contributed by atoms with E-state index in [1.54, 1.807) is 7.11 Å². The Labute approximate surface area is 177 Å². The number of rotatable bonds is 3. The summed E-state index contributed by atoms with van der Waals surface area (Å²) in [6, 6.07) is 14.1. The van der Waals surface area contributed by atoms with Gasteiger partial charge >= 0.3 is 0 Å². The van der Waals surface area contributed by atoms with Crippen LogP contribution in [0, 0.1) is 0 Å². The number of aromatic amines is 2. The number of fused-ring (bicyclic) bond motifs is 2. The van der Waals surface area contributed by atoms with Gasteiger partial charge in [0.2, 0.25) is 0 Å². The Morgan fingerprint density at radius 1 is 1.10 bits per heavy atom. The Bertz CT molecular complexity index is 1200. The normalized spacial score (nSPS) is 15.3. The minimum atomic E-state index is 0.0800. The maximum Gasteiger partial charge on any atom is 0.270 e. The standard InChI is InChI=1S/C23H22BrN3O2/c1-29-17-4-5-20-18(12-17)19(13-25-20)14-6-8-27(9-7-14)23(28)22-10-15-2-3-16(24)11-21(15)26-22/h2-5,10-14,25-26H,6-9H2,1H3. The first-order chi connectivity index (χ1) is 14.1. The van der Waals surface area contributed by atoms with Gasteiger partial charge in [0.25, 0.3) is 5.91 Å². The summed E-state index contributed by atoms with van der Waals surface area (Å²) in [7, 11) is 1.69. The summed E-state index contributed by atoms with van der Waals surface area (Å²) >= 11 is 3.48. The van der Waals surface area contributed by atoms with Gasteiger partial charge in [-0.1, -0.05) is 22.0 Å². The van der Waals surface area contributed by atoms with Gasteiger partial charge in [-0.2, -0.15) is 0 Å². The topological polar surface area (TPSA) is 61.1 Å². The Hall–Kier alpha value is -2.73. The molecule has 1 amide bonds. The van der Waals surface area contributed by atoms with Crippen LogP contribution in [0.4, 0.5) is 0 Å². The fourth-order valence-electron chi connectivity index (χ4n) is 4.36. The summed E-state index contributed by atoms with van der Waals surface area (Å²) in [6.07, 6.45) is 4.03. The predicted molar refractivity (Wildman–Crippen MR) is 119 cm³/mol. The monoisotopic (exact) mass is 451 g/mol. The molecule has 5 rings (SSSR count). The first kappa shape index (κ1) is 18.3. The second-order valence-electron chi connectivity index (χ2n) is 7.64. The minimum Gasteiger partial charge on any atom is -0.497 e. The largest absolute Gasteiger partial charge is 0.497 e. The molecule has 4 aromatic rings. The lowest BCUT2D eigenvalue weighted by Crippen LogP contribution is -2.38. The zero-order chi connectivity index (χ0) is 20.0. The molecule has 2 aromatic heterocycles. The van der Waals surface area contributed by atoms with Crippen LogP contribution in [0.2, 0.25) is 0 Å². The van der Waals surface area contributed by atoms with Crippen molar-refractivity contribution in [1.82, 2.24) is 14.9 Å². The zero-order valence-electron chi connectivity index (χ0n) is 16.2. The minimum absolute atomic E-state index is 0.0800. The van der Waals surface area contributed by atoms with Crippen LogP contribution in [0.1, 0.15) is 34.8 Å². The average molecular weight is 452 g/mol. The van der Waals surface area contributed by atoms with E-state index in [2.05, 4.69) is 44.2 Å². The van der Waals surface area contributed by atoms with Gasteiger partial charge in [-0.3, -0.25) is 4.79 Å². The van der Waals surface area contributed by atoms with E-state index in [4.69, 9.17) is 4.74 Å². The van der Waals surface area contributed by atoms with E-state index < -0.39 is 0 Å². The van der Waals surface area contributed by atoms with E-state index in [0.717, 1.165) is 52.6 Å². The van der Waals surface area contributed by atoms with Crippen LogP contribution >= 0.6 is 15.9 Å². The molecule has 2 aromatic carbocycles. The average Bonchev–Trinajstić information content (AvgIpc) is 3.36. The number of benzene rings is 2. The maximum absolute atomic E-state index is 13.0. The van der Waals surface area contributed by atoms with Crippen molar-refractivity contribution in [2.45, 2.75) is 18.8 Å². The molecule has 1 fully saturated rings.